The third kappa shape index (κ3) is 6.44. The Bertz CT molecular complexity index is 1210. The van der Waals surface area contributed by atoms with E-state index < -0.39 is 35.2 Å². The van der Waals surface area contributed by atoms with E-state index in [0.29, 0.717) is 6.33 Å². The second kappa shape index (κ2) is 10.3. The molecule has 2 rings (SSSR count). The van der Waals surface area contributed by atoms with Crippen LogP contribution in [0.5, 0.6) is 11.5 Å². The Morgan fingerprint density at radius 2 is 2.12 bits per heavy atom. The predicted octanol–water partition coefficient (Wildman–Crippen LogP) is 3.19. The minimum Gasteiger partial charge on any atom is -0.449 e. The zero-order valence-electron chi connectivity index (χ0n) is 17.4. The van der Waals surface area contributed by atoms with Gasteiger partial charge in [-0.1, -0.05) is 18.2 Å². The van der Waals surface area contributed by atoms with Gasteiger partial charge in [0.25, 0.3) is 5.56 Å². The van der Waals surface area contributed by atoms with E-state index in [0.717, 1.165) is 16.7 Å². The monoisotopic (exact) mass is 482 g/mol. The molecule has 0 fully saturated rings. The zero-order valence-corrected chi connectivity index (χ0v) is 18.2. The van der Waals surface area contributed by atoms with E-state index >= 15 is 0 Å². The second-order valence-corrected chi connectivity index (χ2v) is 7.19. The molecule has 2 aromatic rings. The number of alkyl halides is 3. The van der Waals surface area contributed by atoms with E-state index in [2.05, 4.69) is 16.9 Å². The van der Waals surface area contributed by atoms with Gasteiger partial charge in [0.05, 0.1) is 30.6 Å². The largest absolute Gasteiger partial charge is 0.449 e. The number of likely N-dealkylation sites (N-methyl/N-ethyl adjacent to an activating group) is 1. The van der Waals surface area contributed by atoms with Gasteiger partial charge < -0.3 is 15.2 Å². The first kappa shape index (κ1) is 25.6. The summed E-state index contributed by atoms with van der Waals surface area (Å²) in [4.78, 5) is 28.0. The van der Waals surface area contributed by atoms with Crippen LogP contribution < -0.4 is 15.6 Å². The fraction of sp³-hybridized carbons (Fsp3) is 0.238. The maximum atomic E-state index is 13.5. The van der Waals surface area contributed by atoms with Gasteiger partial charge in [-0.25, -0.2) is 4.98 Å². The second-order valence-electron chi connectivity index (χ2n) is 6.76. The van der Waals surface area contributed by atoms with Crippen molar-refractivity contribution in [2.75, 3.05) is 7.05 Å². The minimum atomic E-state index is -5.01. The lowest BCUT2D eigenvalue weighted by Gasteiger charge is -2.15. The number of benzene rings is 1. The molecule has 0 aliphatic rings. The number of ether oxygens (including phenoxy) is 1. The van der Waals surface area contributed by atoms with Crippen LogP contribution in [0.4, 0.5) is 13.2 Å². The van der Waals surface area contributed by atoms with E-state index in [1.807, 2.05) is 0 Å². The summed E-state index contributed by atoms with van der Waals surface area (Å²) in [6, 6.07) is 5.29. The first-order valence-corrected chi connectivity index (χ1v) is 9.59. The van der Waals surface area contributed by atoms with Gasteiger partial charge in [0.15, 0.2) is 5.69 Å². The number of nitrogens with zero attached hydrogens (tertiary/aromatic N) is 3. The van der Waals surface area contributed by atoms with Crippen LogP contribution in [-0.2, 0) is 17.5 Å². The molecule has 0 spiro atoms. The lowest BCUT2D eigenvalue weighted by Crippen LogP contribution is -2.28. The molecule has 12 heteroatoms. The molecule has 174 valence electrons. The van der Waals surface area contributed by atoms with Gasteiger partial charge in [-0.15, -0.1) is 0 Å². The van der Waals surface area contributed by atoms with Crippen molar-refractivity contribution in [2.24, 2.45) is 0 Å². The number of aromatic nitrogens is 2. The van der Waals surface area contributed by atoms with E-state index in [9.17, 15) is 27.9 Å². The highest BCUT2D eigenvalue weighted by Gasteiger charge is 2.38. The lowest BCUT2D eigenvalue weighted by atomic mass is 10.1. The number of aliphatic hydroxyl groups excluding tert-OH is 1. The molecule has 1 amide bonds. The Labute approximate surface area is 191 Å². The standard InChI is InChI=1S/C21H18ClF3N4O4/c1-11(4-16(12(2)30)19(31)27-3)9-29-10-28-18(21(23,24)25)17(20(29)32)33-15-6-13(8-26)5-14(22)7-15/h4-7,10,12,30H,1,9H2,2-3H3,(H,27,31)/b16-4-. The van der Waals surface area contributed by atoms with Crippen molar-refractivity contribution >= 4 is 17.5 Å². The summed E-state index contributed by atoms with van der Waals surface area (Å²) in [5.41, 5.74) is -2.69. The molecule has 8 nitrogen and oxygen atoms in total. The summed E-state index contributed by atoms with van der Waals surface area (Å²) in [6.07, 6.45) is -4.30. The minimum absolute atomic E-state index is 0.00800. The SMILES string of the molecule is C=C(/C=C(\C(=O)NC)C(C)O)Cn1cnc(C(F)(F)F)c(Oc2cc(Cl)cc(C#N)c2)c1=O. The summed E-state index contributed by atoms with van der Waals surface area (Å²) >= 11 is 5.85. The number of halogens is 4. The van der Waals surface area contributed by atoms with E-state index in [4.69, 9.17) is 21.6 Å². The highest BCUT2D eigenvalue weighted by Crippen LogP contribution is 2.35. The van der Waals surface area contributed by atoms with Crippen LogP contribution in [0.3, 0.4) is 0 Å². The van der Waals surface area contributed by atoms with Crippen molar-refractivity contribution in [2.45, 2.75) is 25.7 Å². The summed E-state index contributed by atoms with van der Waals surface area (Å²) in [7, 11) is 1.35. The van der Waals surface area contributed by atoms with Gasteiger partial charge in [0, 0.05) is 17.6 Å². The van der Waals surface area contributed by atoms with E-state index in [1.165, 1.54) is 26.1 Å². The molecule has 0 aliphatic carbocycles. The number of carbonyl (C=O) groups is 1. The van der Waals surface area contributed by atoms with Crippen molar-refractivity contribution in [3.05, 3.63) is 75.0 Å². The summed E-state index contributed by atoms with van der Waals surface area (Å²) < 4.78 is 46.4. The average Bonchev–Trinajstić information content (AvgIpc) is 2.72. The molecule has 1 heterocycles. The number of hydrogen-bond acceptors (Lipinski definition) is 6. The number of allylic oxidation sites excluding steroid dienone is 2. The molecule has 1 atom stereocenters. The summed E-state index contributed by atoms with van der Waals surface area (Å²) in [6.45, 7) is 4.66. The van der Waals surface area contributed by atoms with Crippen LogP contribution in [0, 0.1) is 11.3 Å². The molecular formula is C21H18ClF3N4O4. The Morgan fingerprint density at radius 3 is 2.67 bits per heavy atom. The van der Waals surface area contributed by atoms with E-state index in [1.54, 1.807) is 6.07 Å². The summed E-state index contributed by atoms with van der Waals surface area (Å²) in [5, 5.41) is 21.1. The fourth-order valence-corrected chi connectivity index (χ4v) is 2.91. The van der Waals surface area contributed by atoms with Crippen LogP contribution in [-0.4, -0.2) is 33.7 Å². The van der Waals surface area contributed by atoms with Gasteiger partial charge in [0.2, 0.25) is 11.7 Å². The zero-order chi connectivity index (χ0) is 24.9. The number of amides is 1. The molecule has 0 saturated carbocycles. The van der Waals surface area contributed by atoms with Crippen LogP contribution in [0.15, 0.2) is 53.1 Å². The van der Waals surface area contributed by atoms with Crippen LogP contribution in [0.1, 0.15) is 18.2 Å². The third-order valence-corrected chi connectivity index (χ3v) is 4.38. The third-order valence-electron chi connectivity index (χ3n) is 4.16. The van der Waals surface area contributed by atoms with Crippen LogP contribution in [0.2, 0.25) is 5.02 Å². The van der Waals surface area contributed by atoms with Crippen molar-refractivity contribution in [1.82, 2.24) is 14.9 Å². The number of nitrogens with one attached hydrogen (secondary N) is 1. The first-order valence-electron chi connectivity index (χ1n) is 9.22. The normalized spacial score (nSPS) is 12.6. The molecule has 33 heavy (non-hydrogen) atoms. The molecule has 0 aliphatic heterocycles. The molecule has 1 aromatic heterocycles. The van der Waals surface area contributed by atoms with E-state index in [-0.39, 0.29) is 34.0 Å². The van der Waals surface area contributed by atoms with Crippen molar-refractivity contribution in [1.29, 1.82) is 5.26 Å². The van der Waals surface area contributed by atoms with Gasteiger partial charge in [-0.05, 0) is 36.8 Å². The summed E-state index contributed by atoms with van der Waals surface area (Å²) in [5.74, 6) is -1.99. The Kier molecular flexibility index (Phi) is 8.03. The number of nitriles is 1. The van der Waals surface area contributed by atoms with Crippen molar-refractivity contribution < 1.29 is 27.8 Å². The van der Waals surface area contributed by atoms with Crippen molar-refractivity contribution in [3.63, 3.8) is 0 Å². The van der Waals surface area contributed by atoms with Gasteiger partial charge >= 0.3 is 6.18 Å². The predicted molar refractivity (Wildman–Crippen MR) is 113 cm³/mol. The molecule has 2 N–H and O–H groups in total. The average molecular weight is 483 g/mol. The first-order chi connectivity index (χ1) is 15.4. The maximum absolute atomic E-state index is 13.5. The Hall–Kier alpha value is -3.62. The fourth-order valence-electron chi connectivity index (χ4n) is 2.69. The number of carbonyl (C=O) groups excluding carboxylic acids is 1. The van der Waals surface area contributed by atoms with Gasteiger partial charge in [-0.3, -0.25) is 14.2 Å². The smallest absolute Gasteiger partial charge is 0.437 e. The quantitative estimate of drug-likeness (QED) is 0.462. The van der Waals surface area contributed by atoms with Crippen molar-refractivity contribution in [3.8, 4) is 17.6 Å². The van der Waals surface area contributed by atoms with Gasteiger partial charge in [0.1, 0.15) is 5.75 Å². The Balaban J connectivity index is 2.53. The molecule has 1 aromatic carbocycles. The maximum Gasteiger partial charge on any atom is 0.437 e. The topological polar surface area (TPSA) is 117 Å². The molecule has 0 bridgehead atoms. The molecule has 0 radical (unpaired) electrons. The number of rotatable bonds is 7. The molecular weight excluding hydrogens is 465 g/mol. The Morgan fingerprint density at radius 1 is 1.45 bits per heavy atom. The van der Waals surface area contributed by atoms with Gasteiger partial charge in [-0.2, -0.15) is 18.4 Å². The van der Waals surface area contributed by atoms with Crippen LogP contribution >= 0.6 is 11.6 Å². The number of aliphatic hydroxyl groups is 1. The molecule has 0 saturated heterocycles. The highest BCUT2D eigenvalue weighted by atomic mass is 35.5. The number of hydrogen-bond donors (Lipinski definition) is 2. The van der Waals surface area contributed by atoms with Crippen LogP contribution in [0.25, 0.3) is 0 Å². The molecule has 1 unspecified atom stereocenters. The highest BCUT2D eigenvalue weighted by molar-refractivity contribution is 6.30. The lowest BCUT2D eigenvalue weighted by molar-refractivity contribution is -0.142.